The van der Waals surface area contributed by atoms with Crippen LogP contribution in [0.4, 0.5) is 4.39 Å². The SMILES string of the molecule is Cc1oc2c(F)c(OC3=C4C=CC(O)=CC4NC=C3)ccc2c1C(=O)NCCCN1CCOC1. The van der Waals surface area contributed by atoms with Gasteiger partial charge in [0.05, 0.1) is 24.9 Å². The number of hydrogen-bond donors (Lipinski definition) is 3. The highest BCUT2D eigenvalue weighted by Gasteiger charge is 2.25. The van der Waals surface area contributed by atoms with Gasteiger partial charge in [-0.25, -0.2) is 0 Å². The molecule has 1 atom stereocenters. The quantitative estimate of drug-likeness (QED) is 0.537. The molecule has 1 aromatic carbocycles. The van der Waals surface area contributed by atoms with E-state index in [4.69, 9.17) is 13.9 Å². The zero-order chi connectivity index (χ0) is 23.7. The van der Waals surface area contributed by atoms with E-state index in [1.165, 1.54) is 6.07 Å². The molecule has 3 heterocycles. The van der Waals surface area contributed by atoms with Gasteiger partial charge >= 0.3 is 0 Å². The fraction of sp³-hybridized carbons (Fsp3) is 0.320. The van der Waals surface area contributed by atoms with Crippen molar-refractivity contribution < 1.29 is 28.2 Å². The van der Waals surface area contributed by atoms with Crippen molar-refractivity contribution in [3.63, 3.8) is 0 Å². The summed E-state index contributed by atoms with van der Waals surface area (Å²) in [5, 5.41) is 16.1. The molecule has 3 aliphatic rings. The molecule has 34 heavy (non-hydrogen) atoms. The maximum atomic E-state index is 15.3. The van der Waals surface area contributed by atoms with Crippen molar-refractivity contribution in [2.24, 2.45) is 0 Å². The Balaban J connectivity index is 1.33. The van der Waals surface area contributed by atoms with Crippen LogP contribution in [-0.4, -0.2) is 54.9 Å². The Labute approximate surface area is 196 Å². The summed E-state index contributed by atoms with van der Waals surface area (Å²) in [5.74, 6) is -0.0484. The fourth-order valence-electron chi connectivity index (χ4n) is 4.31. The summed E-state index contributed by atoms with van der Waals surface area (Å²) in [6.07, 6.45) is 9.07. The highest BCUT2D eigenvalue weighted by atomic mass is 19.1. The Kier molecular flexibility index (Phi) is 6.12. The summed E-state index contributed by atoms with van der Waals surface area (Å²) in [6.45, 7) is 5.27. The lowest BCUT2D eigenvalue weighted by Gasteiger charge is -2.24. The number of amides is 1. The number of ether oxygens (including phenoxy) is 2. The molecule has 1 aliphatic carbocycles. The van der Waals surface area contributed by atoms with Gasteiger partial charge in [0.25, 0.3) is 5.91 Å². The minimum Gasteiger partial charge on any atom is -0.508 e. The molecule has 3 N–H and O–H groups in total. The van der Waals surface area contributed by atoms with Gasteiger partial charge in [-0.3, -0.25) is 9.69 Å². The molecule has 0 saturated carbocycles. The van der Waals surface area contributed by atoms with E-state index in [-0.39, 0.29) is 29.0 Å². The third kappa shape index (κ3) is 4.32. The lowest BCUT2D eigenvalue weighted by molar-refractivity contribution is 0.0950. The van der Waals surface area contributed by atoms with Crippen molar-refractivity contribution in [3.05, 3.63) is 76.9 Å². The number of halogens is 1. The summed E-state index contributed by atoms with van der Waals surface area (Å²) in [5.41, 5.74) is 1.06. The maximum absolute atomic E-state index is 15.3. The zero-order valence-electron chi connectivity index (χ0n) is 18.8. The van der Waals surface area contributed by atoms with Gasteiger partial charge in [0, 0.05) is 36.8 Å². The molecular formula is C25H26FN3O5. The molecule has 0 bridgehead atoms. The van der Waals surface area contributed by atoms with Crippen molar-refractivity contribution >= 4 is 16.9 Å². The van der Waals surface area contributed by atoms with E-state index in [2.05, 4.69) is 15.5 Å². The summed E-state index contributed by atoms with van der Waals surface area (Å²) >= 11 is 0. The average Bonchev–Trinajstić information content (AvgIpc) is 3.46. The van der Waals surface area contributed by atoms with Crippen LogP contribution < -0.4 is 15.4 Å². The second-order valence-electron chi connectivity index (χ2n) is 8.38. The van der Waals surface area contributed by atoms with Gasteiger partial charge in [0.2, 0.25) is 5.82 Å². The third-order valence-corrected chi connectivity index (χ3v) is 6.05. The number of benzene rings is 1. The first-order chi connectivity index (χ1) is 16.5. The minimum absolute atomic E-state index is 0.0129. The summed E-state index contributed by atoms with van der Waals surface area (Å²) in [4.78, 5) is 15.0. The number of allylic oxidation sites excluding steroid dienone is 2. The monoisotopic (exact) mass is 467 g/mol. The summed E-state index contributed by atoms with van der Waals surface area (Å²) in [7, 11) is 0. The van der Waals surface area contributed by atoms with Crippen LogP contribution in [0.2, 0.25) is 0 Å². The van der Waals surface area contributed by atoms with Gasteiger partial charge in [-0.15, -0.1) is 0 Å². The lowest BCUT2D eigenvalue weighted by atomic mass is 9.98. The van der Waals surface area contributed by atoms with Crippen LogP contribution in [0.5, 0.6) is 5.75 Å². The van der Waals surface area contributed by atoms with Crippen LogP contribution in [0.15, 0.2) is 64.1 Å². The van der Waals surface area contributed by atoms with Crippen molar-refractivity contribution in [1.82, 2.24) is 15.5 Å². The predicted molar refractivity (Wildman–Crippen MR) is 124 cm³/mol. The summed E-state index contributed by atoms with van der Waals surface area (Å²) < 4.78 is 32.2. The zero-order valence-corrected chi connectivity index (χ0v) is 18.8. The van der Waals surface area contributed by atoms with Crippen molar-refractivity contribution in [2.75, 3.05) is 33.0 Å². The molecule has 8 nitrogen and oxygen atoms in total. The highest BCUT2D eigenvalue weighted by Crippen LogP contribution is 2.34. The number of nitrogens with one attached hydrogen (secondary N) is 2. The maximum Gasteiger partial charge on any atom is 0.255 e. The highest BCUT2D eigenvalue weighted by molar-refractivity contribution is 6.07. The van der Waals surface area contributed by atoms with E-state index in [0.29, 0.717) is 35.7 Å². The Morgan fingerprint density at radius 3 is 3.06 bits per heavy atom. The Bertz CT molecular complexity index is 1240. The molecule has 1 unspecified atom stereocenters. The van der Waals surface area contributed by atoms with Gasteiger partial charge < -0.3 is 29.6 Å². The molecule has 0 radical (unpaired) electrons. The number of rotatable bonds is 7. The Morgan fingerprint density at radius 1 is 1.35 bits per heavy atom. The van der Waals surface area contributed by atoms with Crippen LogP contribution in [0.3, 0.4) is 0 Å². The molecule has 1 aromatic heterocycles. The molecule has 1 saturated heterocycles. The van der Waals surface area contributed by atoms with Crippen LogP contribution in [0.1, 0.15) is 22.5 Å². The Hall–Kier alpha value is -3.56. The first kappa shape index (κ1) is 22.2. The number of aryl methyl sites for hydroxylation is 1. The molecule has 178 valence electrons. The number of aliphatic hydroxyl groups excluding tert-OH is 1. The number of aliphatic hydroxyl groups is 1. The molecule has 1 amide bonds. The predicted octanol–water partition coefficient (Wildman–Crippen LogP) is 3.42. The first-order valence-corrected chi connectivity index (χ1v) is 11.2. The molecule has 9 heteroatoms. The van der Waals surface area contributed by atoms with E-state index in [1.54, 1.807) is 43.5 Å². The molecule has 0 spiro atoms. The summed E-state index contributed by atoms with van der Waals surface area (Å²) in [6, 6.07) is 2.86. The third-order valence-electron chi connectivity index (χ3n) is 6.05. The molecule has 2 aliphatic heterocycles. The van der Waals surface area contributed by atoms with E-state index < -0.39 is 5.82 Å². The fourth-order valence-corrected chi connectivity index (χ4v) is 4.31. The minimum atomic E-state index is -0.677. The molecular weight excluding hydrogens is 441 g/mol. The smallest absolute Gasteiger partial charge is 0.255 e. The second kappa shape index (κ2) is 9.36. The topological polar surface area (TPSA) is 96.2 Å². The first-order valence-electron chi connectivity index (χ1n) is 11.2. The van der Waals surface area contributed by atoms with Crippen LogP contribution in [-0.2, 0) is 4.74 Å². The van der Waals surface area contributed by atoms with E-state index in [1.807, 2.05) is 0 Å². The van der Waals surface area contributed by atoms with Crippen LogP contribution >= 0.6 is 0 Å². The average molecular weight is 467 g/mol. The van der Waals surface area contributed by atoms with Gasteiger partial charge in [-0.2, -0.15) is 4.39 Å². The number of fused-ring (bicyclic) bond motifs is 2. The number of carbonyl (C=O) groups excluding carboxylic acids is 1. The van der Waals surface area contributed by atoms with Crippen LogP contribution in [0, 0.1) is 12.7 Å². The largest absolute Gasteiger partial charge is 0.508 e. The molecule has 2 aromatic rings. The molecule has 1 fully saturated rings. The van der Waals surface area contributed by atoms with Crippen LogP contribution in [0.25, 0.3) is 11.0 Å². The van der Waals surface area contributed by atoms with E-state index >= 15 is 4.39 Å². The van der Waals surface area contributed by atoms with Crippen molar-refractivity contribution in [3.8, 4) is 5.75 Å². The van der Waals surface area contributed by atoms with E-state index in [9.17, 15) is 9.90 Å². The lowest BCUT2D eigenvalue weighted by Crippen LogP contribution is -2.30. The number of furan rings is 1. The normalized spacial score (nSPS) is 19.8. The van der Waals surface area contributed by atoms with Gasteiger partial charge in [-0.05, 0) is 49.8 Å². The standard InChI is InChI=1S/C25H26FN3O5/c1-15-22(25(31)28-8-2-10-29-11-12-32-14-29)18-5-6-21(23(26)24(18)33-15)34-20-7-9-27-19-13-16(30)3-4-17(19)20/h3-7,9,13,19,27,30H,2,8,10-12,14H2,1H3,(H,28,31). The number of hydrogen-bond acceptors (Lipinski definition) is 7. The Morgan fingerprint density at radius 2 is 2.24 bits per heavy atom. The number of dihydropyridines is 1. The van der Waals surface area contributed by atoms with Gasteiger partial charge in [0.15, 0.2) is 11.3 Å². The van der Waals surface area contributed by atoms with Gasteiger partial charge in [-0.1, -0.05) is 0 Å². The number of nitrogens with zero attached hydrogens (tertiary/aromatic N) is 1. The number of carbonyl (C=O) groups is 1. The van der Waals surface area contributed by atoms with E-state index in [0.717, 1.165) is 31.7 Å². The van der Waals surface area contributed by atoms with Crippen molar-refractivity contribution in [2.45, 2.75) is 19.4 Å². The van der Waals surface area contributed by atoms with Crippen molar-refractivity contribution in [1.29, 1.82) is 0 Å². The molecule has 5 rings (SSSR count). The van der Waals surface area contributed by atoms with Gasteiger partial charge in [0.1, 0.15) is 17.3 Å². The second-order valence-corrected chi connectivity index (χ2v) is 8.38.